The third-order valence-corrected chi connectivity index (χ3v) is 8.63. The van der Waals surface area contributed by atoms with Gasteiger partial charge in [-0.1, -0.05) is 30.3 Å². The fourth-order valence-electron chi connectivity index (χ4n) is 3.15. The Labute approximate surface area is 171 Å². The largest absolute Gasteiger partial charge is 0.324 e. The maximum atomic E-state index is 12.9. The van der Waals surface area contributed by atoms with Gasteiger partial charge in [-0.2, -0.15) is 0 Å². The lowest BCUT2D eigenvalue weighted by atomic mass is 10.1. The molecule has 0 spiro atoms. The predicted octanol–water partition coefficient (Wildman–Crippen LogP) is 4.32. The number of carbonyl (C=O) groups is 2. The van der Waals surface area contributed by atoms with Crippen LogP contribution in [0.1, 0.15) is 20.5 Å². The summed E-state index contributed by atoms with van der Waals surface area (Å²) in [4.78, 5) is 27.3. The van der Waals surface area contributed by atoms with Crippen molar-refractivity contribution in [1.82, 2.24) is 4.90 Å². The predicted molar refractivity (Wildman–Crippen MR) is 116 cm³/mol. The summed E-state index contributed by atoms with van der Waals surface area (Å²) in [6.07, 6.45) is 0. The maximum Gasteiger partial charge on any atom is 0.255 e. The number of rotatable bonds is 4. The first-order valence-corrected chi connectivity index (χ1v) is 12.1. The molecule has 0 aromatic heterocycles. The van der Waals surface area contributed by atoms with Crippen LogP contribution in [0.3, 0.4) is 0 Å². The van der Waals surface area contributed by atoms with Crippen molar-refractivity contribution >= 4 is 52.8 Å². The molecule has 0 bridgehead atoms. The van der Waals surface area contributed by atoms with Crippen LogP contribution in [-0.4, -0.2) is 45.9 Å². The van der Waals surface area contributed by atoms with E-state index in [1.807, 2.05) is 53.9 Å². The SMILES string of the molecule is O=C(Nc1cccc(C2SCCS2)c1)C1CSCN1C(=O)c1ccccc1. The van der Waals surface area contributed by atoms with Crippen LogP contribution in [0.15, 0.2) is 54.6 Å². The molecule has 2 aromatic rings. The molecule has 7 heteroatoms. The van der Waals surface area contributed by atoms with E-state index in [0.29, 0.717) is 21.8 Å². The van der Waals surface area contributed by atoms with Gasteiger partial charge in [0.05, 0.1) is 10.5 Å². The first-order chi connectivity index (χ1) is 13.2. The van der Waals surface area contributed by atoms with Gasteiger partial charge >= 0.3 is 0 Å². The Kier molecular flexibility index (Phi) is 6.00. The molecule has 1 unspecified atom stereocenters. The second kappa shape index (κ2) is 8.63. The lowest BCUT2D eigenvalue weighted by molar-refractivity contribution is -0.119. The van der Waals surface area contributed by atoms with Crippen LogP contribution in [0.4, 0.5) is 5.69 Å². The van der Waals surface area contributed by atoms with E-state index in [-0.39, 0.29) is 11.8 Å². The molecule has 4 rings (SSSR count). The van der Waals surface area contributed by atoms with Crippen molar-refractivity contribution in [2.24, 2.45) is 0 Å². The Hall–Kier alpha value is -1.57. The summed E-state index contributed by atoms with van der Waals surface area (Å²) in [5.41, 5.74) is 2.66. The van der Waals surface area contributed by atoms with Crippen LogP contribution >= 0.6 is 35.3 Å². The van der Waals surface area contributed by atoms with E-state index in [9.17, 15) is 9.59 Å². The van der Waals surface area contributed by atoms with Gasteiger partial charge < -0.3 is 10.2 Å². The Balaban J connectivity index is 1.46. The van der Waals surface area contributed by atoms with Gasteiger partial charge in [0.25, 0.3) is 5.91 Å². The summed E-state index contributed by atoms with van der Waals surface area (Å²) < 4.78 is 0.444. The van der Waals surface area contributed by atoms with Gasteiger partial charge in [-0.15, -0.1) is 35.3 Å². The molecule has 0 saturated carbocycles. The van der Waals surface area contributed by atoms with Crippen LogP contribution < -0.4 is 5.32 Å². The number of thioether (sulfide) groups is 3. The summed E-state index contributed by atoms with van der Waals surface area (Å²) in [7, 11) is 0. The zero-order valence-electron chi connectivity index (χ0n) is 14.7. The fraction of sp³-hybridized carbons (Fsp3) is 0.300. The van der Waals surface area contributed by atoms with Gasteiger partial charge in [-0.25, -0.2) is 0 Å². The van der Waals surface area contributed by atoms with E-state index in [4.69, 9.17) is 0 Å². The second-order valence-corrected chi connectivity index (χ2v) is 10.1. The van der Waals surface area contributed by atoms with Crippen molar-refractivity contribution in [2.45, 2.75) is 10.6 Å². The number of hydrogen-bond donors (Lipinski definition) is 1. The molecule has 140 valence electrons. The highest BCUT2D eigenvalue weighted by molar-refractivity contribution is 8.19. The molecule has 4 nitrogen and oxygen atoms in total. The van der Waals surface area contributed by atoms with Gasteiger partial charge in [0.2, 0.25) is 5.91 Å². The highest BCUT2D eigenvalue weighted by atomic mass is 32.2. The van der Waals surface area contributed by atoms with Crippen LogP contribution in [-0.2, 0) is 4.79 Å². The van der Waals surface area contributed by atoms with Crippen molar-refractivity contribution in [1.29, 1.82) is 0 Å². The number of anilines is 1. The van der Waals surface area contributed by atoms with Crippen LogP contribution in [0.5, 0.6) is 0 Å². The zero-order chi connectivity index (χ0) is 18.6. The van der Waals surface area contributed by atoms with E-state index in [0.717, 1.165) is 5.69 Å². The summed E-state index contributed by atoms with van der Waals surface area (Å²) in [5.74, 6) is 3.30. The van der Waals surface area contributed by atoms with Crippen LogP contribution in [0, 0.1) is 0 Å². The molecule has 2 aliphatic heterocycles. The standard InChI is InChI=1S/C20H20N2O2S3/c23-18(21-16-8-4-7-15(11-16)20-26-9-10-27-20)17-12-25-13-22(17)19(24)14-5-2-1-3-6-14/h1-8,11,17,20H,9-10,12-13H2,(H,21,23). The maximum absolute atomic E-state index is 12.9. The lowest BCUT2D eigenvalue weighted by Gasteiger charge is -2.23. The average molecular weight is 417 g/mol. The van der Waals surface area contributed by atoms with Gasteiger partial charge in [-0.3, -0.25) is 9.59 Å². The molecule has 0 radical (unpaired) electrons. The third kappa shape index (κ3) is 4.31. The highest BCUT2D eigenvalue weighted by Gasteiger charge is 2.35. The highest BCUT2D eigenvalue weighted by Crippen LogP contribution is 2.45. The van der Waals surface area contributed by atoms with Crippen molar-refractivity contribution < 1.29 is 9.59 Å². The fourth-order valence-corrected chi connectivity index (χ4v) is 7.14. The second-order valence-electron chi connectivity index (χ2n) is 6.34. The van der Waals surface area contributed by atoms with Crippen LogP contribution in [0.25, 0.3) is 0 Å². The van der Waals surface area contributed by atoms with Gasteiger partial charge in [0.15, 0.2) is 0 Å². The average Bonchev–Trinajstić information content (AvgIpc) is 3.40. The summed E-state index contributed by atoms with van der Waals surface area (Å²) in [5, 5.41) is 3.02. The number of amides is 2. The zero-order valence-corrected chi connectivity index (χ0v) is 17.1. The molecule has 2 aliphatic rings. The van der Waals surface area contributed by atoms with Gasteiger partial charge in [-0.05, 0) is 29.8 Å². The molecular weight excluding hydrogens is 396 g/mol. The molecule has 2 saturated heterocycles. The number of nitrogens with one attached hydrogen (secondary N) is 1. The van der Waals surface area contributed by atoms with Crippen LogP contribution in [0.2, 0.25) is 0 Å². The molecule has 2 aromatic carbocycles. The minimum Gasteiger partial charge on any atom is -0.324 e. The topological polar surface area (TPSA) is 49.4 Å². The number of carbonyl (C=O) groups excluding carboxylic acids is 2. The monoisotopic (exact) mass is 416 g/mol. The lowest BCUT2D eigenvalue weighted by Crippen LogP contribution is -2.44. The first-order valence-electron chi connectivity index (χ1n) is 8.80. The molecule has 1 N–H and O–H groups in total. The number of hydrogen-bond acceptors (Lipinski definition) is 5. The molecule has 2 heterocycles. The molecule has 27 heavy (non-hydrogen) atoms. The smallest absolute Gasteiger partial charge is 0.255 e. The Morgan fingerprint density at radius 3 is 2.56 bits per heavy atom. The van der Waals surface area contributed by atoms with E-state index in [2.05, 4.69) is 17.4 Å². The summed E-state index contributed by atoms with van der Waals surface area (Å²) in [6.45, 7) is 0. The van der Waals surface area contributed by atoms with E-state index in [1.54, 1.807) is 28.8 Å². The molecule has 1 atom stereocenters. The number of benzene rings is 2. The number of nitrogens with zero attached hydrogens (tertiary/aromatic N) is 1. The molecule has 2 fully saturated rings. The van der Waals surface area contributed by atoms with Crippen molar-refractivity contribution in [2.75, 3.05) is 28.5 Å². The van der Waals surface area contributed by atoms with Crippen molar-refractivity contribution in [3.8, 4) is 0 Å². The Morgan fingerprint density at radius 1 is 1.00 bits per heavy atom. The molecule has 0 aliphatic carbocycles. The Bertz CT molecular complexity index is 825. The van der Waals surface area contributed by atoms with E-state index < -0.39 is 6.04 Å². The summed E-state index contributed by atoms with van der Waals surface area (Å²) >= 11 is 5.50. The quantitative estimate of drug-likeness (QED) is 0.804. The normalized spacial score (nSPS) is 20.0. The third-order valence-electron chi connectivity index (χ3n) is 4.51. The Morgan fingerprint density at radius 2 is 1.78 bits per heavy atom. The van der Waals surface area contributed by atoms with E-state index in [1.165, 1.54) is 17.1 Å². The summed E-state index contributed by atoms with van der Waals surface area (Å²) in [6, 6.07) is 16.8. The minimum absolute atomic E-state index is 0.0896. The van der Waals surface area contributed by atoms with Gasteiger partial charge in [0.1, 0.15) is 6.04 Å². The molecular formula is C20H20N2O2S3. The first kappa shape index (κ1) is 18.8. The molecule has 2 amide bonds. The minimum atomic E-state index is -0.443. The van der Waals surface area contributed by atoms with Crippen molar-refractivity contribution in [3.05, 3.63) is 65.7 Å². The van der Waals surface area contributed by atoms with Gasteiger partial charge in [0, 0.05) is 28.5 Å². The van der Waals surface area contributed by atoms with E-state index >= 15 is 0 Å². The van der Waals surface area contributed by atoms with Crippen molar-refractivity contribution in [3.63, 3.8) is 0 Å².